The van der Waals surface area contributed by atoms with Crippen molar-refractivity contribution >= 4 is 36.0 Å². The van der Waals surface area contributed by atoms with E-state index in [0.29, 0.717) is 0 Å². The zero-order chi connectivity index (χ0) is 16.2. The van der Waals surface area contributed by atoms with Crippen LogP contribution in [-0.4, -0.2) is 45.0 Å². The van der Waals surface area contributed by atoms with Crippen LogP contribution in [0.4, 0.5) is 19.2 Å². The summed E-state index contributed by atoms with van der Waals surface area (Å²) in [5, 5.41) is 32.3. The number of carboxylic acid groups (broad SMARTS) is 4. The standard InChI is InChI=1S/C8H4O12S/c9-5(10)17-1-2(18-6(11)12)4(20-8(15)16)21-3(1)19-7(13)14/h(H,9,10)(H,11,12)(H,13,14)(H,15,16). The van der Waals surface area contributed by atoms with E-state index in [1.165, 1.54) is 0 Å². The van der Waals surface area contributed by atoms with E-state index in [-0.39, 0.29) is 11.3 Å². The molecule has 1 rings (SSSR count). The number of hydrogen-bond acceptors (Lipinski definition) is 9. The third-order valence-corrected chi connectivity index (χ3v) is 2.41. The molecule has 0 fully saturated rings. The third-order valence-electron chi connectivity index (χ3n) is 1.50. The molecule has 0 aliphatic rings. The summed E-state index contributed by atoms with van der Waals surface area (Å²) in [7, 11) is 0. The fraction of sp³-hybridized carbons (Fsp3) is 0. The molecular weight excluding hydrogens is 320 g/mol. The Morgan fingerprint density at radius 2 is 0.905 bits per heavy atom. The maximum atomic E-state index is 10.5. The molecule has 0 saturated carbocycles. The predicted molar refractivity (Wildman–Crippen MR) is 58.9 cm³/mol. The van der Waals surface area contributed by atoms with Gasteiger partial charge in [0, 0.05) is 0 Å². The van der Waals surface area contributed by atoms with Crippen LogP contribution in [0.3, 0.4) is 0 Å². The molecule has 0 spiro atoms. The Balaban J connectivity index is 3.37. The van der Waals surface area contributed by atoms with Crippen molar-refractivity contribution < 1.29 is 58.6 Å². The molecule has 1 aromatic heterocycles. The van der Waals surface area contributed by atoms with Crippen LogP contribution in [0.1, 0.15) is 0 Å². The summed E-state index contributed by atoms with van der Waals surface area (Å²) in [6, 6.07) is 0. The molecule has 21 heavy (non-hydrogen) atoms. The largest absolute Gasteiger partial charge is 0.512 e. The van der Waals surface area contributed by atoms with E-state index in [1.54, 1.807) is 0 Å². The highest BCUT2D eigenvalue weighted by Gasteiger charge is 2.30. The van der Waals surface area contributed by atoms with Gasteiger partial charge in [0.15, 0.2) is 0 Å². The second-order valence-electron chi connectivity index (χ2n) is 2.81. The predicted octanol–water partition coefficient (Wildman–Crippen LogP) is 1.98. The molecule has 0 amide bonds. The number of carbonyl (C=O) groups is 4. The summed E-state index contributed by atoms with van der Waals surface area (Å²) in [5.41, 5.74) is 0. The molecule has 0 aliphatic heterocycles. The number of thiophene rings is 1. The van der Waals surface area contributed by atoms with Crippen LogP contribution in [0.5, 0.6) is 21.6 Å². The average molecular weight is 324 g/mol. The SMILES string of the molecule is O=C(O)Oc1sc(OC(=O)O)c(OC(=O)O)c1OC(=O)O. The van der Waals surface area contributed by atoms with Gasteiger partial charge in [-0.1, -0.05) is 11.3 Å². The molecule has 114 valence electrons. The molecule has 0 radical (unpaired) electrons. The molecule has 1 aromatic rings. The van der Waals surface area contributed by atoms with Crippen LogP contribution < -0.4 is 18.9 Å². The normalized spacial score (nSPS) is 9.52. The van der Waals surface area contributed by atoms with Crippen molar-refractivity contribution in [1.82, 2.24) is 0 Å². The fourth-order valence-corrected chi connectivity index (χ4v) is 1.85. The maximum Gasteiger partial charge on any atom is 0.512 e. The van der Waals surface area contributed by atoms with Gasteiger partial charge in [-0.15, -0.1) is 0 Å². The van der Waals surface area contributed by atoms with Gasteiger partial charge in [0.25, 0.3) is 0 Å². The zero-order valence-electron chi connectivity index (χ0n) is 9.46. The molecule has 0 aliphatic carbocycles. The van der Waals surface area contributed by atoms with Gasteiger partial charge in [-0.2, -0.15) is 0 Å². The lowest BCUT2D eigenvalue weighted by Gasteiger charge is -2.04. The topological polar surface area (TPSA) is 186 Å². The first-order valence-corrected chi connectivity index (χ1v) is 5.32. The summed E-state index contributed by atoms with van der Waals surface area (Å²) in [5.74, 6) is -1.96. The van der Waals surface area contributed by atoms with E-state index in [2.05, 4.69) is 18.9 Å². The smallest absolute Gasteiger partial charge is 0.449 e. The van der Waals surface area contributed by atoms with Crippen molar-refractivity contribution in [1.29, 1.82) is 0 Å². The number of rotatable bonds is 4. The highest BCUT2D eigenvalue weighted by molar-refractivity contribution is 7.16. The second-order valence-corrected chi connectivity index (χ2v) is 3.75. The van der Waals surface area contributed by atoms with E-state index < -0.39 is 46.2 Å². The first kappa shape index (κ1) is 15.8. The minimum absolute atomic E-state index is 0.144. The second kappa shape index (κ2) is 6.29. The molecule has 1 heterocycles. The van der Waals surface area contributed by atoms with Gasteiger partial charge >= 0.3 is 24.6 Å². The van der Waals surface area contributed by atoms with Crippen molar-refractivity contribution in [2.45, 2.75) is 0 Å². The number of hydrogen-bond donors (Lipinski definition) is 4. The lowest BCUT2D eigenvalue weighted by atomic mass is 10.5. The minimum atomic E-state index is -1.96. The Bertz CT molecular complexity index is 550. The zero-order valence-corrected chi connectivity index (χ0v) is 10.3. The van der Waals surface area contributed by atoms with Gasteiger partial charge in [0.05, 0.1) is 0 Å². The first-order chi connectivity index (χ1) is 9.70. The molecule has 0 saturated heterocycles. The molecular formula is C8H4O12S. The van der Waals surface area contributed by atoms with E-state index in [4.69, 9.17) is 20.4 Å². The molecule has 4 N–H and O–H groups in total. The van der Waals surface area contributed by atoms with Gasteiger partial charge in [0.2, 0.25) is 21.6 Å². The van der Waals surface area contributed by atoms with Crippen molar-refractivity contribution in [2.75, 3.05) is 0 Å². The molecule has 13 heteroatoms. The quantitative estimate of drug-likeness (QED) is 0.590. The van der Waals surface area contributed by atoms with E-state index >= 15 is 0 Å². The Labute approximate surface area is 117 Å². The molecule has 0 bridgehead atoms. The van der Waals surface area contributed by atoms with Gasteiger partial charge in [-0.05, 0) is 0 Å². The summed E-state index contributed by atoms with van der Waals surface area (Å²) in [4.78, 5) is 41.9. The Hall–Kier alpha value is -3.22. The monoisotopic (exact) mass is 324 g/mol. The van der Waals surface area contributed by atoms with Crippen molar-refractivity contribution in [3.8, 4) is 21.6 Å². The molecule has 0 atom stereocenters. The van der Waals surface area contributed by atoms with E-state index in [0.717, 1.165) is 0 Å². The van der Waals surface area contributed by atoms with Crippen LogP contribution >= 0.6 is 11.3 Å². The third kappa shape index (κ3) is 4.43. The van der Waals surface area contributed by atoms with Gasteiger partial charge < -0.3 is 39.4 Å². The Morgan fingerprint density at radius 3 is 1.14 bits per heavy atom. The highest BCUT2D eigenvalue weighted by atomic mass is 32.1. The summed E-state index contributed by atoms with van der Waals surface area (Å²) >= 11 is 0.144. The van der Waals surface area contributed by atoms with Gasteiger partial charge in [-0.25, -0.2) is 19.2 Å². The first-order valence-electron chi connectivity index (χ1n) is 4.50. The molecule has 12 nitrogen and oxygen atoms in total. The Kier molecular flexibility index (Phi) is 4.74. The lowest BCUT2D eigenvalue weighted by molar-refractivity contribution is 0.125. The van der Waals surface area contributed by atoms with Gasteiger partial charge in [-0.3, -0.25) is 0 Å². The van der Waals surface area contributed by atoms with Crippen LogP contribution in [0.2, 0.25) is 0 Å². The lowest BCUT2D eigenvalue weighted by Crippen LogP contribution is -2.10. The van der Waals surface area contributed by atoms with Crippen molar-refractivity contribution in [3.05, 3.63) is 0 Å². The summed E-state index contributed by atoms with van der Waals surface area (Å²) in [6.07, 6.45) is -7.70. The van der Waals surface area contributed by atoms with E-state index in [1.807, 2.05) is 0 Å². The highest BCUT2D eigenvalue weighted by Crippen LogP contribution is 2.53. The van der Waals surface area contributed by atoms with Crippen LogP contribution in [-0.2, 0) is 0 Å². The average Bonchev–Trinajstić information content (AvgIpc) is 2.55. The fourth-order valence-electron chi connectivity index (χ4n) is 1.01. The van der Waals surface area contributed by atoms with E-state index in [9.17, 15) is 19.2 Å². The Morgan fingerprint density at radius 1 is 0.619 bits per heavy atom. The van der Waals surface area contributed by atoms with Crippen LogP contribution in [0.25, 0.3) is 0 Å². The van der Waals surface area contributed by atoms with Gasteiger partial charge in [0.1, 0.15) is 0 Å². The van der Waals surface area contributed by atoms with Crippen molar-refractivity contribution in [3.63, 3.8) is 0 Å². The molecule has 0 aromatic carbocycles. The number of ether oxygens (including phenoxy) is 4. The van der Waals surface area contributed by atoms with Crippen LogP contribution in [0.15, 0.2) is 0 Å². The minimum Gasteiger partial charge on any atom is -0.449 e. The summed E-state index contributed by atoms with van der Waals surface area (Å²) < 4.78 is 16.5. The van der Waals surface area contributed by atoms with Crippen molar-refractivity contribution in [2.24, 2.45) is 0 Å². The summed E-state index contributed by atoms with van der Waals surface area (Å²) in [6.45, 7) is 0. The molecule has 0 unspecified atom stereocenters. The van der Waals surface area contributed by atoms with Crippen LogP contribution in [0, 0.1) is 0 Å². The maximum absolute atomic E-state index is 10.5.